The van der Waals surface area contributed by atoms with E-state index in [0.717, 1.165) is 15.0 Å². The normalized spacial score (nSPS) is 12.2. The molecule has 0 spiro atoms. The van der Waals surface area contributed by atoms with E-state index in [-0.39, 0.29) is 12.5 Å². The Labute approximate surface area is 190 Å². The zero-order valence-corrected chi connectivity index (χ0v) is 19.9. The number of halogens is 2. The van der Waals surface area contributed by atoms with Crippen LogP contribution in [0.2, 0.25) is 0 Å². The first-order valence-electron chi connectivity index (χ1n) is 9.57. The van der Waals surface area contributed by atoms with Gasteiger partial charge in [-0.15, -0.1) is 0 Å². The van der Waals surface area contributed by atoms with Crippen molar-refractivity contribution >= 4 is 43.5 Å². The van der Waals surface area contributed by atoms with E-state index < -0.39 is 34.3 Å². The molecule has 0 heterocycles. The number of hydrogen-bond acceptors (Lipinski definition) is 4. The second kappa shape index (κ2) is 10.7. The summed E-state index contributed by atoms with van der Waals surface area (Å²) in [6, 6.07) is 11.2. The van der Waals surface area contributed by atoms with E-state index in [1.165, 1.54) is 29.2 Å². The lowest BCUT2D eigenvalue weighted by Gasteiger charge is -2.31. The Hall–Kier alpha value is -2.46. The average molecular weight is 514 g/mol. The Morgan fingerprint density at radius 2 is 1.68 bits per heavy atom. The minimum Gasteiger partial charge on any atom is -0.355 e. The number of anilines is 1. The number of benzene rings is 2. The molecule has 0 saturated carbocycles. The summed E-state index contributed by atoms with van der Waals surface area (Å²) in [4.78, 5) is 26.9. The minimum atomic E-state index is -3.77. The first-order valence-corrected chi connectivity index (χ1v) is 12.2. The van der Waals surface area contributed by atoms with Gasteiger partial charge >= 0.3 is 0 Å². The van der Waals surface area contributed by atoms with Crippen LogP contribution in [0.25, 0.3) is 0 Å². The summed E-state index contributed by atoms with van der Waals surface area (Å²) in [5.41, 5.74) is 0.937. The molecule has 0 aliphatic carbocycles. The molecule has 1 N–H and O–H groups in total. The van der Waals surface area contributed by atoms with E-state index >= 15 is 0 Å². The Balaban J connectivity index is 2.35. The first-order chi connectivity index (χ1) is 14.5. The van der Waals surface area contributed by atoms with Crippen LogP contribution >= 0.6 is 15.9 Å². The highest BCUT2D eigenvalue weighted by Crippen LogP contribution is 2.21. The molecule has 2 amide bonds. The summed E-state index contributed by atoms with van der Waals surface area (Å²) < 4.78 is 39.8. The van der Waals surface area contributed by atoms with Crippen LogP contribution in [0.15, 0.2) is 53.0 Å². The molecular formula is C21H25BrFN3O4S. The average Bonchev–Trinajstić information content (AvgIpc) is 2.71. The minimum absolute atomic E-state index is 0.0232. The predicted molar refractivity (Wildman–Crippen MR) is 121 cm³/mol. The molecule has 2 aromatic rings. The van der Waals surface area contributed by atoms with Crippen LogP contribution in [0.3, 0.4) is 0 Å². The molecule has 0 aliphatic heterocycles. The molecule has 0 aliphatic rings. The lowest BCUT2D eigenvalue weighted by Crippen LogP contribution is -2.51. The quantitative estimate of drug-likeness (QED) is 0.558. The highest BCUT2D eigenvalue weighted by Gasteiger charge is 2.29. The Morgan fingerprint density at radius 3 is 2.19 bits per heavy atom. The number of sulfonamides is 1. The largest absolute Gasteiger partial charge is 0.355 e. The van der Waals surface area contributed by atoms with Crippen LogP contribution in [0, 0.1) is 5.82 Å². The smallest absolute Gasteiger partial charge is 0.244 e. The maximum atomic E-state index is 13.3. The fourth-order valence-electron chi connectivity index (χ4n) is 2.91. The second-order valence-electron chi connectivity index (χ2n) is 6.96. The number of nitrogens with one attached hydrogen (secondary N) is 1. The lowest BCUT2D eigenvalue weighted by atomic mass is 10.1. The van der Waals surface area contributed by atoms with Crippen molar-refractivity contribution in [1.29, 1.82) is 0 Å². The van der Waals surface area contributed by atoms with Gasteiger partial charge in [0.1, 0.15) is 18.4 Å². The standard InChI is InChI=1S/C21H25BrFN3O4S/c1-4-24-21(28)15(2)25(13-16-5-9-18(23)10-6-16)20(27)14-26(31(3,29)30)19-11-7-17(22)8-12-19/h5-12,15H,4,13-14H2,1-3H3,(H,24,28)/t15-/m0/s1. The molecule has 0 fully saturated rings. The van der Waals surface area contributed by atoms with Gasteiger partial charge in [-0.3, -0.25) is 13.9 Å². The van der Waals surface area contributed by atoms with Crippen LogP contribution in [0.5, 0.6) is 0 Å². The summed E-state index contributed by atoms with van der Waals surface area (Å²) in [5.74, 6) is -1.35. The molecule has 1 atom stereocenters. The zero-order chi connectivity index (χ0) is 23.2. The molecule has 0 bridgehead atoms. The molecule has 2 rings (SSSR count). The van der Waals surface area contributed by atoms with E-state index in [1.807, 2.05) is 0 Å². The van der Waals surface area contributed by atoms with Crippen LogP contribution in [-0.2, 0) is 26.2 Å². The summed E-state index contributed by atoms with van der Waals surface area (Å²) in [5, 5.41) is 2.67. The molecule has 168 valence electrons. The maximum Gasteiger partial charge on any atom is 0.244 e. The molecule has 7 nitrogen and oxygen atoms in total. The Bertz CT molecular complexity index is 1010. The van der Waals surface area contributed by atoms with Crippen molar-refractivity contribution in [3.63, 3.8) is 0 Å². The monoisotopic (exact) mass is 513 g/mol. The highest BCUT2D eigenvalue weighted by molar-refractivity contribution is 9.10. The third kappa shape index (κ3) is 7.03. The topological polar surface area (TPSA) is 86.8 Å². The fraction of sp³-hybridized carbons (Fsp3) is 0.333. The van der Waals surface area contributed by atoms with Crippen LogP contribution < -0.4 is 9.62 Å². The van der Waals surface area contributed by atoms with Gasteiger partial charge in [0.2, 0.25) is 21.8 Å². The van der Waals surface area contributed by atoms with Gasteiger partial charge in [0, 0.05) is 17.6 Å². The van der Waals surface area contributed by atoms with E-state index in [9.17, 15) is 22.4 Å². The number of hydrogen-bond donors (Lipinski definition) is 1. The third-order valence-corrected chi connectivity index (χ3v) is 6.25. The first kappa shape index (κ1) is 24.8. The van der Waals surface area contributed by atoms with Crippen molar-refractivity contribution in [2.45, 2.75) is 26.4 Å². The molecule has 2 aromatic carbocycles. The lowest BCUT2D eigenvalue weighted by molar-refractivity contribution is -0.139. The van der Waals surface area contributed by atoms with Gasteiger partial charge in [0.05, 0.1) is 11.9 Å². The number of amides is 2. The molecule has 0 aromatic heterocycles. The number of carbonyl (C=O) groups excluding carboxylic acids is 2. The van der Waals surface area contributed by atoms with Gasteiger partial charge in [-0.25, -0.2) is 12.8 Å². The summed E-state index contributed by atoms with van der Waals surface area (Å²) in [6.45, 7) is 3.25. The second-order valence-corrected chi connectivity index (χ2v) is 9.79. The maximum absolute atomic E-state index is 13.3. The van der Waals surface area contributed by atoms with Crippen molar-refractivity contribution in [1.82, 2.24) is 10.2 Å². The van der Waals surface area contributed by atoms with Crippen LogP contribution in [0.1, 0.15) is 19.4 Å². The van der Waals surface area contributed by atoms with Gasteiger partial charge in [-0.1, -0.05) is 28.1 Å². The van der Waals surface area contributed by atoms with Gasteiger partial charge in [-0.05, 0) is 55.8 Å². The van der Waals surface area contributed by atoms with Gasteiger partial charge in [0.15, 0.2) is 0 Å². The summed E-state index contributed by atoms with van der Waals surface area (Å²) in [6.07, 6.45) is 1.01. The SMILES string of the molecule is CCNC(=O)[C@H](C)N(Cc1ccc(F)cc1)C(=O)CN(c1ccc(Br)cc1)S(C)(=O)=O. The molecule has 0 radical (unpaired) electrons. The Kier molecular flexibility index (Phi) is 8.58. The van der Waals surface area contributed by atoms with Gasteiger partial charge in [0.25, 0.3) is 0 Å². The molecular weight excluding hydrogens is 489 g/mol. The number of rotatable bonds is 9. The predicted octanol–water partition coefficient (Wildman–Crippen LogP) is 2.91. The van der Waals surface area contributed by atoms with Crippen molar-refractivity contribution in [3.8, 4) is 0 Å². The number of likely N-dealkylation sites (N-methyl/N-ethyl adjacent to an activating group) is 1. The highest BCUT2D eigenvalue weighted by atomic mass is 79.9. The van der Waals surface area contributed by atoms with Gasteiger partial charge in [-0.2, -0.15) is 0 Å². The summed E-state index contributed by atoms with van der Waals surface area (Å²) in [7, 11) is -3.77. The molecule has 0 saturated heterocycles. The van der Waals surface area contributed by atoms with Crippen molar-refractivity contribution < 1.29 is 22.4 Å². The van der Waals surface area contributed by atoms with Crippen molar-refractivity contribution in [3.05, 3.63) is 64.4 Å². The fourth-order valence-corrected chi connectivity index (χ4v) is 4.03. The van der Waals surface area contributed by atoms with Crippen molar-refractivity contribution in [2.75, 3.05) is 23.7 Å². The van der Waals surface area contributed by atoms with E-state index in [2.05, 4.69) is 21.2 Å². The van der Waals surface area contributed by atoms with E-state index in [1.54, 1.807) is 38.1 Å². The van der Waals surface area contributed by atoms with Crippen molar-refractivity contribution in [2.24, 2.45) is 0 Å². The molecule has 31 heavy (non-hydrogen) atoms. The van der Waals surface area contributed by atoms with Crippen LogP contribution in [0.4, 0.5) is 10.1 Å². The van der Waals surface area contributed by atoms with E-state index in [0.29, 0.717) is 17.8 Å². The van der Waals surface area contributed by atoms with Crippen LogP contribution in [-0.4, -0.2) is 50.5 Å². The number of carbonyl (C=O) groups is 2. The molecule has 10 heteroatoms. The van der Waals surface area contributed by atoms with Gasteiger partial charge < -0.3 is 10.2 Å². The summed E-state index contributed by atoms with van der Waals surface area (Å²) >= 11 is 3.30. The number of nitrogens with zero attached hydrogens (tertiary/aromatic N) is 2. The zero-order valence-electron chi connectivity index (χ0n) is 17.5. The van der Waals surface area contributed by atoms with E-state index in [4.69, 9.17) is 0 Å². The Morgan fingerprint density at radius 1 is 1.10 bits per heavy atom. The molecule has 0 unspecified atom stereocenters. The third-order valence-electron chi connectivity index (χ3n) is 4.58.